The molecule has 104 valence electrons. The Balaban J connectivity index is 3.04. The summed E-state index contributed by atoms with van der Waals surface area (Å²) in [5, 5.41) is 0. The number of carbonyl (C=O) groups excluding carboxylic acids is 2. The molecule has 0 bridgehead atoms. The molecular weight excluding hydrogens is 258 g/mol. The highest BCUT2D eigenvalue weighted by molar-refractivity contribution is 5.90. The quantitative estimate of drug-likeness (QED) is 0.773. The Hall–Kier alpha value is -1.98. The smallest absolute Gasteiger partial charge is 0.381 e. The molecule has 0 aliphatic carbocycles. The highest BCUT2D eigenvalue weighted by Crippen LogP contribution is 2.30. The van der Waals surface area contributed by atoms with Gasteiger partial charge in [-0.3, -0.25) is 0 Å². The van der Waals surface area contributed by atoms with Crippen LogP contribution in [0.15, 0.2) is 24.3 Å². The maximum absolute atomic E-state index is 13.7. The minimum atomic E-state index is -3.79. The summed E-state index contributed by atoms with van der Waals surface area (Å²) in [5.41, 5.74) is -0.639. The summed E-state index contributed by atoms with van der Waals surface area (Å²) in [7, 11) is 0. The number of halogens is 2. The van der Waals surface area contributed by atoms with E-state index < -0.39 is 23.4 Å². The first-order chi connectivity index (χ1) is 8.93. The Morgan fingerprint density at radius 2 is 1.79 bits per heavy atom. The zero-order valence-corrected chi connectivity index (χ0v) is 10.6. The molecule has 0 aromatic heterocycles. The Bertz CT molecular complexity index is 471. The molecule has 0 aliphatic rings. The van der Waals surface area contributed by atoms with Crippen molar-refractivity contribution in [2.45, 2.75) is 19.8 Å². The number of rotatable bonds is 5. The fourth-order valence-corrected chi connectivity index (χ4v) is 1.40. The van der Waals surface area contributed by atoms with Crippen LogP contribution in [0.5, 0.6) is 0 Å². The van der Waals surface area contributed by atoms with Crippen LogP contribution in [0.25, 0.3) is 0 Å². The van der Waals surface area contributed by atoms with Gasteiger partial charge in [-0.2, -0.15) is 8.78 Å². The van der Waals surface area contributed by atoms with Crippen molar-refractivity contribution in [3.63, 3.8) is 0 Å². The first kappa shape index (κ1) is 15.1. The second-order valence-corrected chi connectivity index (χ2v) is 3.60. The number of ether oxygens (including phenoxy) is 2. The summed E-state index contributed by atoms with van der Waals surface area (Å²) in [4.78, 5) is 22.6. The van der Waals surface area contributed by atoms with E-state index in [1.807, 2.05) is 0 Å². The van der Waals surface area contributed by atoms with Gasteiger partial charge in [0.05, 0.1) is 18.8 Å². The first-order valence-corrected chi connectivity index (χ1v) is 5.76. The number of carbonyl (C=O) groups is 2. The van der Waals surface area contributed by atoms with Gasteiger partial charge in [0, 0.05) is 5.56 Å². The minimum Gasteiger partial charge on any atom is -0.462 e. The topological polar surface area (TPSA) is 52.6 Å². The van der Waals surface area contributed by atoms with Crippen LogP contribution in [-0.4, -0.2) is 25.2 Å². The molecule has 0 radical (unpaired) electrons. The van der Waals surface area contributed by atoms with Gasteiger partial charge in [0.1, 0.15) is 0 Å². The second kappa shape index (κ2) is 6.26. The highest BCUT2D eigenvalue weighted by atomic mass is 19.3. The van der Waals surface area contributed by atoms with Gasteiger partial charge in [0.25, 0.3) is 0 Å². The van der Waals surface area contributed by atoms with E-state index >= 15 is 0 Å². The molecule has 0 atom stereocenters. The van der Waals surface area contributed by atoms with Crippen molar-refractivity contribution in [2.75, 3.05) is 13.2 Å². The van der Waals surface area contributed by atoms with Crippen molar-refractivity contribution in [3.05, 3.63) is 35.4 Å². The summed E-state index contributed by atoms with van der Waals surface area (Å²) in [5.74, 6) is -6.15. The predicted octanol–water partition coefficient (Wildman–Crippen LogP) is 2.52. The molecule has 0 saturated carbocycles. The van der Waals surface area contributed by atoms with Crippen molar-refractivity contribution >= 4 is 11.9 Å². The van der Waals surface area contributed by atoms with Crippen LogP contribution in [0.4, 0.5) is 8.78 Å². The standard InChI is InChI=1S/C13H14F2O4/c1-3-18-11(16)9-6-5-7-10(8-9)13(14,15)12(17)19-4-2/h5-8H,3-4H2,1-2H3. The van der Waals surface area contributed by atoms with Crippen LogP contribution in [0.1, 0.15) is 29.8 Å². The molecular formula is C13H14F2O4. The lowest BCUT2D eigenvalue weighted by atomic mass is 10.1. The fourth-order valence-electron chi connectivity index (χ4n) is 1.40. The molecule has 0 saturated heterocycles. The largest absolute Gasteiger partial charge is 0.462 e. The maximum Gasteiger partial charge on any atom is 0.381 e. The van der Waals surface area contributed by atoms with Crippen LogP contribution in [-0.2, 0) is 20.2 Å². The molecule has 19 heavy (non-hydrogen) atoms. The molecule has 0 unspecified atom stereocenters. The van der Waals surface area contributed by atoms with Crippen LogP contribution in [0.2, 0.25) is 0 Å². The molecule has 1 aromatic rings. The van der Waals surface area contributed by atoms with Gasteiger partial charge in [-0.05, 0) is 26.0 Å². The van der Waals surface area contributed by atoms with Gasteiger partial charge in [-0.1, -0.05) is 12.1 Å². The molecule has 1 aromatic carbocycles. The molecule has 0 fully saturated rings. The van der Waals surface area contributed by atoms with Gasteiger partial charge in [0.2, 0.25) is 0 Å². The van der Waals surface area contributed by atoms with Crippen molar-refractivity contribution in [2.24, 2.45) is 0 Å². The van der Waals surface area contributed by atoms with Gasteiger partial charge < -0.3 is 9.47 Å². The van der Waals surface area contributed by atoms with E-state index in [1.165, 1.54) is 19.1 Å². The summed E-state index contributed by atoms with van der Waals surface area (Å²) in [6, 6.07) is 4.58. The second-order valence-electron chi connectivity index (χ2n) is 3.60. The molecule has 6 heteroatoms. The van der Waals surface area contributed by atoms with Gasteiger partial charge in [-0.25, -0.2) is 9.59 Å². The Labute approximate surface area is 109 Å². The molecule has 0 spiro atoms. The maximum atomic E-state index is 13.7. The minimum absolute atomic E-state index is 0.0386. The van der Waals surface area contributed by atoms with Gasteiger partial charge in [0.15, 0.2) is 0 Å². The third kappa shape index (κ3) is 3.49. The van der Waals surface area contributed by atoms with Crippen LogP contribution in [0, 0.1) is 0 Å². The number of hydrogen-bond donors (Lipinski definition) is 0. The zero-order chi connectivity index (χ0) is 14.5. The van der Waals surface area contributed by atoms with E-state index in [0.717, 1.165) is 12.1 Å². The van der Waals surface area contributed by atoms with Crippen LogP contribution >= 0.6 is 0 Å². The molecule has 0 aliphatic heterocycles. The zero-order valence-electron chi connectivity index (χ0n) is 10.6. The Kier molecular flexibility index (Phi) is 4.97. The number of esters is 2. The highest BCUT2D eigenvalue weighted by Gasteiger charge is 2.42. The molecule has 1 rings (SSSR count). The average molecular weight is 272 g/mol. The number of hydrogen-bond acceptors (Lipinski definition) is 4. The van der Waals surface area contributed by atoms with E-state index in [0.29, 0.717) is 0 Å². The molecule has 0 N–H and O–H groups in total. The summed E-state index contributed by atoms with van der Waals surface area (Å²) >= 11 is 0. The number of alkyl halides is 2. The van der Waals surface area contributed by atoms with E-state index in [4.69, 9.17) is 4.74 Å². The predicted molar refractivity (Wildman–Crippen MR) is 62.9 cm³/mol. The summed E-state index contributed by atoms with van der Waals surface area (Å²) in [6.45, 7) is 3.03. The Morgan fingerprint density at radius 1 is 1.16 bits per heavy atom. The van der Waals surface area contributed by atoms with Gasteiger partial charge >= 0.3 is 17.9 Å². The molecule has 0 heterocycles. The normalized spacial score (nSPS) is 10.9. The average Bonchev–Trinajstić information content (AvgIpc) is 2.39. The lowest BCUT2D eigenvalue weighted by Crippen LogP contribution is -2.28. The first-order valence-electron chi connectivity index (χ1n) is 5.76. The van der Waals surface area contributed by atoms with E-state index in [1.54, 1.807) is 6.92 Å². The third-order valence-corrected chi connectivity index (χ3v) is 2.27. The third-order valence-electron chi connectivity index (χ3n) is 2.27. The van der Waals surface area contributed by atoms with E-state index in [9.17, 15) is 18.4 Å². The fraction of sp³-hybridized carbons (Fsp3) is 0.385. The van der Waals surface area contributed by atoms with E-state index in [2.05, 4.69) is 4.74 Å². The monoisotopic (exact) mass is 272 g/mol. The van der Waals surface area contributed by atoms with Crippen LogP contribution < -0.4 is 0 Å². The summed E-state index contributed by atoms with van der Waals surface area (Å²) in [6.07, 6.45) is 0. The van der Waals surface area contributed by atoms with Crippen molar-refractivity contribution in [1.82, 2.24) is 0 Å². The van der Waals surface area contributed by atoms with Crippen molar-refractivity contribution in [1.29, 1.82) is 0 Å². The Morgan fingerprint density at radius 3 is 2.37 bits per heavy atom. The van der Waals surface area contributed by atoms with Crippen molar-refractivity contribution in [3.8, 4) is 0 Å². The lowest BCUT2D eigenvalue weighted by molar-refractivity contribution is -0.173. The summed E-state index contributed by atoms with van der Waals surface area (Å²) < 4.78 is 36.5. The van der Waals surface area contributed by atoms with Crippen molar-refractivity contribution < 1.29 is 27.8 Å². The van der Waals surface area contributed by atoms with E-state index in [-0.39, 0.29) is 18.8 Å². The lowest BCUT2D eigenvalue weighted by Gasteiger charge is -2.15. The molecule has 0 amide bonds. The SMILES string of the molecule is CCOC(=O)c1cccc(C(F)(F)C(=O)OCC)c1. The molecule has 4 nitrogen and oxygen atoms in total. The van der Waals surface area contributed by atoms with Crippen LogP contribution in [0.3, 0.4) is 0 Å². The number of benzene rings is 1. The van der Waals surface area contributed by atoms with Gasteiger partial charge in [-0.15, -0.1) is 0 Å².